The molecule has 0 amide bonds. The Labute approximate surface area is 72.1 Å². The zero-order valence-electron chi connectivity index (χ0n) is 7.08. The van der Waals surface area contributed by atoms with Crippen molar-refractivity contribution in [3.05, 3.63) is 36.4 Å². The summed E-state index contributed by atoms with van der Waals surface area (Å²) in [4.78, 5) is 0. The molecular formula is C10H12O2. The van der Waals surface area contributed by atoms with Crippen molar-refractivity contribution in [1.82, 2.24) is 0 Å². The summed E-state index contributed by atoms with van der Waals surface area (Å²) < 4.78 is 5.28. The van der Waals surface area contributed by atoms with E-state index in [2.05, 4.69) is 6.58 Å². The minimum atomic E-state index is 0.0408. The molecule has 0 heterocycles. The second-order valence-corrected chi connectivity index (χ2v) is 2.38. The van der Waals surface area contributed by atoms with E-state index in [1.165, 1.54) is 0 Å². The SMILES string of the molecule is C=C(O)c1ccccc1OCC. The van der Waals surface area contributed by atoms with Crippen LogP contribution >= 0.6 is 0 Å². The van der Waals surface area contributed by atoms with Crippen molar-refractivity contribution in [1.29, 1.82) is 0 Å². The third-order valence-corrected chi connectivity index (χ3v) is 1.50. The number of aliphatic hydroxyl groups excluding tert-OH is 1. The fourth-order valence-electron chi connectivity index (χ4n) is 0.986. The predicted molar refractivity (Wildman–Crippen MR) is 49.3 cm³/mol. The molecule has 0 fully saturated rings. The lowest BCUT2D eigenvalue weighted by Crippen LogP contribution is -1.95. The van der Waals surface area contributed by atoms with Gasteiger partial charge >= 0.3 is 0 Å². The lowest BCUT2D eigenvalue weighted by molar-refractivity contribution is 0.337. The monoisotopic (exact) mass is 164 g/mol. The number of benzene rings is 1. The molecule has 0 atom stereocenters. The summed E-state index contributed by atoms with van der Waals surface area (Å²) >= 11 is 0. The van der Waals surface area contributed by atoms with Gasteiger partial charge in [-0.2, -0.15) is 0 Å². The van der Waals surface area contributed by atoms with Crippen LogP contribution in [0.25, 0.3) is 5.76 Å². The highest BCUT2D eigenvalue weighted by molar-refractivity contribution is 5.62. The summed E-state index contributed by atoms with van der Waals surface area (Å²) in [6.07, 6.45) is 0. The number of aliphatic hydroxyl groups is 1. The van der Waals surface area contributed by atoms with Gasteiger partial charge in [0.25, 0.3) is 0 Å². The van der Waals surface area contributed by atoms with E-state index in [0.29, 0.717) is 17.9 Å². The molecule has 2 heteroatoms. The Kier molecular flexibility index (Phi) is 2.75. The third kappa shape index (κ3) is 1.78. The van der Waals surface area contributed by atoms with Gasteiger partial charge in [0.2, 0.25) is 0 Å². The molecule has 0 saturated carbocycles. The molecule has 1 rings (SSSR count). The lowest BCUT2D eigenvalue weighted by Gasteiger charge is -2.07. The molecule has 0 aromatic heterocycles. The van der Waals surface area contributed by atoms with Crippen LogP contribution in [0.2, 0.25) is 0 Å². The van der Waals surface area contributed by atoms with Crippen LogP contribution in [0, 0.1) is 0 Å². The molecule has 1 N–H and O–H groups in total. The molecule has 0 unspecified atom stereocenters. The zero-order chi connectivity index (χ0) is 8.97. The summed E-state index contributed by atoms with van der Waals surface area (Å²) in [5.41, 5.74) is 0.652. The largest absolute Gasteiger partial charge is 0.508 e. The normalized spacial score (nSPS) is 9.42. The van der Waals surface area contributed by atoms with Crippen LogP contribution in [0.4, 0.5) is 0 Å². The van der Waals surface area contributed by atoms with Crippen LogP contribution in [0.1, 0.15) is 12.5 Å². The van der Waals surface area contributed by atoms with Crippen LogP contribution in [0.5, 0.6) is 5.75 Å². The molecule has 0 spiro atoms. The van der Waals surface area contributed by atoms with Gasteiger partial charge in [-0.1, -0.05) is 18.7 Å². The maximum atomic E-state index is 9.16. The maximum absolute atomic E-state index is 9.16. The minimum Gasteiger partial charge on any atom is -0.508 e. The number of para-hydroxylation sites is 1. The van der Waals surface area contributed by atoms with Gasteiger partial charge in [0.15, 0.2) is 0 Å². The van der Waals surface area contributed by atoms with Crippen LogP contribution in [-0.2, 0) is 0 Å². The molecule has 0 saturated heterocycles. The molecular weight excluding hydrogens is 152 g/mol. The minimum absolute atomic E-state index is 0.0408. The van der Waals surface area contributed by atoms with Crippen LogP contribution in [0.3, 0.4) is 0 Å². The van der Waals surface area contributed by atoms with E-state index < -0.39 is 0 Å². The highest BCUT2D eigenvalue weighted by Gasteiger charge is 2.03. The quantitative estimate of drug-likeness (QED) is 0.696. The molecule has 0 aliphatic rings. The first kappa shape index (κ1) is 8.65. The maximum Gasteiger partial charge on any atom is 0.130 e. The fourth-order valence-corrected chi connectivity index (χ4v) is 0.986. The Bertz CT molecular complexity index is 279. The van der Waals surface area contributed by atoms with Crippen molar-refractivity contribution >= 4 is 5.76 Å². The number of rotatable bonds is 3. The van der Waals surface area contributed by atoms with Crippen molar-refractivity contribution in [2.24, 2.45) is 0 Å². The van der Waals surface area contributed by atoms with Crippen molar-refractivity contribution in [3.63, 3.8) is 0 Å². The second-order valence-electron chi connectivity index (χ2n) is 2.38. The van der Waals surface area contributed by atoms with Gasteiger partial charge in [0.05, 0.1) is 12.2 Å². The first-order chi connectivity index (χ1) is 5.75. The predicted octanol–water partition coefficient (Wildman–Crippen LogP) is 2.61. The third-order valence-electron chi connectivity index (χ3n) is 1.50. The van der Waals surface area contributed by atoms with Gasteiger partial charge in [-0.05, 0) is 19.1 Å². The highest BCUT2D eigenvalue weighted by Crippen LogP contribution is 2.22. The van der Waals surface area contributed by atoms with E-state index >= 15 is 0 Å². The Morgan fingerprint density at radius 3 is 2.75 bits per heavy atom. The highest BCUT2D eigenvalue weighted by atomic mass is 16.5. The summed E-state index contributed by atoms with van der Waals surface area (Å²) in [7, 11) is 0. The van der Waals surface area contributed by atoms with E-state index in [0.717, 1.165) is 0 Å². The average molecular weight is 164 g/mol. The van der Waals surface area contributed by atoms with E-state index in [4.69, 9.17) is 9.84 Å². The van der Waals surface area contributed by atoms with Crippen LogP contribution in [-0.4, -0.2) is 11.7 Å². The molecule has 1 aromatic carbocycles. The smallest absolute Gasteiger partial charge is 0.130 e. The van der Waals surface area contributed by atoms with Crippen molar-refractivity contribution in [2.75, 3.05) is 6.61 Å². The Morgan fingerprint density at radius 1 is 1.50 bits per heavy atom. The average Bonchev–Trinajstić information content (AvgIpc) is 2.05. The zero-order valence-corrected chi connectivity index (χ0v) is 7.08. The van der Waals surface area contributed by atoms with E-state index in [-0.39, 0.29) is 5.76 Å². The summed E-state index contributed by atoms with van der Waals surface area (Å²) in [6.45, 7) is 5.93. The molecule has 0 bridgehead atoms. The summed E-state index contributed by atoms with van der Waals surface area (Å²) in [6, 6.07) is 7.27. The van der Waals surface area contributed by atoms with Gasteiger partial charge in [0.1, 0.15) is 11.5 Å². The molecule has 12 heavy (non-hydrogen) atoms. The molecule has 0 radical (unpaired) electrons. The van der Waals surface area contributed by atoms with Crippen LogP contribution < -0.4 is 4.74 Å². The first-order valence-corrected chi connectivity index (χ1v) is 3.85. The summed E-state index contributed by atoms with van der Waals surface area (Å²) in [5.74, 6) is 0.714. The molecule has 1 aromatic rings. The Hall–Kier alpha value is -1.44. The van der Waals surface area contributed by atoms with E-state index in [1.54, 1.807) is 12.1 Å². The first-order valence-electron chi connectivity index (χ1n) is 3.85. The van der Waals surface area contributed by atoms with Crippen LogP contribution in [0.15, 0.2) is 30.8 Å². The Morgan fingerprint density at radius 2 is 2.17 bits per heavy atom. The van der Waals surface area contributed by atoms with Crippen molar-refractivity contribution in [2.45, 2.75) is 6.92 Å². The van der Waals surface area contributed by atoms with E-state index in [9.17, 15) is 0 Å². The van der Waals surface area contributed by atoms with Gasteiger partial charge < -0.3 is 9.84 Å². The van der Waals surface area contributed by atoms with Gasteiger partial charge in [0, 0.05) is 0 Å². The van der Waals surface area contributed by atoms with Gasteiger partial charge in [-0.15, -0.1) is 0 Å². The Balaban J connectivity index is 3.00. The topological polar surface area (TPSA) is 29.5 Å². The standard InChI is InChI=1S/C10H12O2/c1-3-12-10-7-5-4-6-9(10)8(2)11/h4-7,11H,2-3H2,1H3. The van der Waals surface area contributed by atoms with Crippen molar-refractivity contribution < 1.29 is 9.84 Å². The second kappa shape index (κ2) is 3.81. The van der Waals surface area contributed by atoms with E-state index in [1.807, 2.05) is 19.1 Å². The van der Waals surface area contributed by atoms with Gasteiger partial charge in [-0.25, -0.2) is 0 Å². The summed E-state index contributed by atoms with van der Waals surface area (Å²) in [5, 5.41) is 9.16. The number of ether oxygens (including phenoxy) is 1. The lowest BCUT2D eigenvalue weighted by atomic mass is 10.2. The fraction of sp³-hybridized carbons (Fsp3) is 0.200. The van der Waals surface area contributed by atoms with Gasteiger partial charge in [-0.3, -0.25) is 0 Å². The molecule has 0 aliphatic heterocycles. The van der Waals surface area contributed by atoms with Crippen molar-refractivity contribution in [3.8, 4) is 5.75 Å². The molecule has 0 aliphatic carbocycles. The molecule has 2 nitrogen and oxygen atoms in total. The molecule has 64 valence electrons. The number of hydrogen-bond acceptors (Lipinski definition) is 2. The number of hydrogen-bond donors (Lipinski definition) is 1.